The minimum Gasteiger partial charge on any atom is -0.274 e. The maximum absolute atomic E-state index is 12.5. The SMILES string of the molecule is O=C1C2CCCCC2C(=O)N1c1n[nH]c(-c2cccnc2)n1. The summed E-state index contributed by atoms with van der Waals surface area (Å²) in [5.74, 6) is -0.0668. The van der Waals surface area contributed by atoms with Crippen molar-refractivity contribution in [2.24, 2.45) is 11.8 Å². The van der Waals surface area contributed by atoms with Crippen molar-refractivity contribution in [3.8, 4) is 11.4 Å². The van der Waals surface area contributed by atoms with Crippen molar-refractivity contribution in [1.82, 2.24) is 20.2 Å². The molecular formula is C15H15N5O2. The van der Waals surface area contributed by atoms with Crippen molar-refractivity contribution in [2.45, 2.75) is 25.7 Å². The maximum atomic E-state index is 12.5. The van der Waals surface area contributed by atoms with Gasteiger partial charge >= 0.3 is 0 Å². The lowest BCUT2D eigenvalue weighted by molar-refractivity contribution is -0.122. The van der Waals surface area contributed by atoms with Crippen LogP contribution < -0.4 is 4.90 Å². The Kier molecular flexibility index (Phi) is 2.99. The summed E-state index contributed by atoms with van der Waals surface area (Å²) in [4.78, 5) is 34.5. The lowest BCUT2D eigenvalue weighted by atomic mass is 9.81. The lowest BCUT2D eigenvalue weighted by Crippen LogP contribution is -2.31. The zero-order valence-corrected chi connectivity index (χ0v) is 11.9. The summed E-state index contributed by atoms with van der Waals surface area (Å²) in [6.07, 6.45) is 6.89. The first-order valence-corrected chi connectivity index (χ1v) is 7.46. The molecule has 1 saturated heterocycles. The first-order valence-electron chi connectivity index (χ1n) is 7.46. The number of nitrogens with one attached hydrogen (secondary N) is 1. The number of hydrogen-bond donors (Lipinski definition) is 1. The Bertz CT molecular complexity index is 703. The van der Waals surface area contributed by atoms with E-state index in [-0.39, 0.29) is 29.6 Å². The zero-order valence-electron chi connectivity index (χ0n) is 11.9. The Morgan fingerprint density at radius 2 is 1.86 bits per heavy atom. The molecule has 2 fully saturated rings. The van der Waals surface area contributed by atoms with Gasteiger partial charge in [0.25, 0.3) is 5.95 Å². The molecule has 4 rings (SSSR count). The van der Waals surface area contributed by atoms with Crippen molar-refractivity contribution in [2.75, 3.05) is 4.90 Å². The molecule has 7 nitrogen and oxygen atoms in total. The molecular weight excluding hydrogens is 282 g/mol. The second kappa shape index (κ2) is 5.01. The van der Waals surface area contributed by atoms with Gasteiger partial charge in [-0.3, -0.25) is 19.7 Å². The fourth-order valence-electron chi connectivity index (χ4n) is 3.34. The molecule has 0 spiro atoms. The fourth-order valence-corrected chi connectivity index (χ4v) is 3.34. The molecule has 2 atom stereocenters. The van der Waals surface area contributed by atoms with Gasteiger partial charge in [-0.25, -0.2) is 4.90 Å². The molecule has 0 radical (unpaired) electrons. The molecule has 2 amide bonds. The van der Waals surface area contributed by atoms with Gasteiger partial charge < -0.3 is 0 Å². The number of fused-ring (bicyclic) bond motifs is 1. The van der Waals surface area contributed by atoms with Crippen molar-refractivity contribution in [3.63, 3.8) is 0 Å². The number of anilines is 1. The van der Waals surface area contributed by atoms with Crippen LogP contribution in [0.5, 0.6) is 0 Å². The van der Waals surface area contributed by atoms with Crippen LogP contribution in [0.3, 0.4) is 0 Å². The first-order chi connectivity index (χ1) is 10.8. The molecule has 112 valence electrons. The van der Waals surface area contributed by atoms with Gasteiger partial charge in [-0.05, 0) is 25.0 Å². The number of hydrogen-bond acceptors (Lipinski definition) is 5. The molecule has 3 heterocycles. The average Bonchev–Trinajstić information content (AvgIpc) is 3.13. The van der Waals surface area contributed by atoms with Crippen molar-refractivity contribution in [3.05, 3.63) is 24.5 Å². The number of pyridine rings is 1. The average molecular weight is 297 g/mol. The van der Waals surface area contributed by atoms with Gasteiger partial charge in [0.1, 0.15) is 0 Å². The summed E-state index contributed by atoms with van der Waals surface area (Å²) >= 11 is 0. The van der Waals surface area contributed by atoms with Crippen molar-refractivity contribution >= 4 is 17.8 Å². The molecule has 1 saturated carbocycles. The maximum Gasteiger partial charge on any atom is 0.258 e. The number of nitrogens with zero attached hydrogens (tertiary/aromatic N) is 4. The fraction of sp³-hybridized carbons (Fsp3) is 0.400. The van der Waals surface area contributed by atoms with E-state index in [4.69, 9.17) is 0 Å². The Morgan fingerprint density at radius 3 is 2.50 bits per heavy atom. The van der Waals surface area contributed by atoms with Crippen LogP contribution in [0.15, 0.2) is 24.5 Å². The highest BCUT2D eigenvalue weighted by molar-refractivity contribution is 6.21. The first kappa shape index (κ1) is 13.1. The smallest absolute Gasteiger partial charge is 0.258 e. The highest BCUT2D eigenvalue weighted by atomic mass is 16.2. The molecule has 2 aliphatic rings. The van der Waals surface area contributed by atoms with Gasteiger partial charge in [0.15, 0.2) is 5.82 Å². The number of carbonyl (C=O) groups is 2. The molecule has 1 N–H and O–H groups in total. The number of H-pyrrole nitrogens is 1. The minimum atomic E-state index is -0.193. The number of aromatic nitrogens is 4. The Balaban J connectivity index is 1.66. The third kappa shape index (κ3) is 1.93. The third-order valence-corrected chi connectivity index (χ3v) is 4.45. The topological polar surface area (TPSA) is 91.8 Å². The van der Waals surface area contributed by atoms with Crippen molar-refractivity contribution < 1.29 is 9.59 Å². The monoisotopic (exact) mass is 297 g/mol. The molecule has 22 heavy (non-hydrogen) atoms. The quantitative estimate of drug-likeness (QED) is 0.849. The van der Waals surface area contributed by atoms with Gasteiger partial charge in [0, 0.05) is 18.0 Å². The van der Waals surface area contributed by atoms with Crippen LogP contribution in [0.4, 0.5) is 5.95 Å². The summed E-state index contributed by atoms with van der Waals surface area (Å²) in [5.41, 5.74) is 0.762. The van der Waals surface area contributed by atoms with Crippen LogP contribution in [0.1, 0.15) is 25.7 Å². The van der Waals surface area contributed by atoms with E-state index in [1.807, 2.05) is 6.07 Å². The van der Waals surface area contributed by atoms with Crippen LogP contribution in [0, 0.1) is 11.8 Å². The molecule has 1 aliphatic carbocycles. The van der Waals surface area contributed by atoms with Gasteiger partial charge in [-0.15, -0.1) is 5.10 Å². The summed E-state index contributed by atoms with van der Waals surface area (Å²) < 4.78 is 0. The molecule has 0 bridgehead atoms. The Hall–Kier alpha value is -2.57. The summed E-state index contributed by atoms with van der Waals surface area (Å²) in [6.45, 7) is 0. The number of imide groups is 1. The minimum absolute atomic E-state index is 0.142. The van der Waals surface area contributed by atoms with E-state index in [1.54, 1.807) is 18.5 Å². The number of amides is 2. The number of carbonyl (C=O) groups excluding carboxylic acids is 2. The van der Waals surface area contributed by atoms with Crippen LogP contribution in [0.25, 0.3) is 11.4 Å². The predicted octanol–water partition coefficient (Wildman–Crippen LogP) is 1.55. The molecule has 2 aromatic rings. The van der Waals surface area contributed by atoms with E-state index >= 15 is 0 Å². The van der Waals surface area contributed by atoms with E-state index < -0.39 is 0 Å². The van der Waals surface area contributed by atoms with Gasteiger partial charge in [0.2, 0.25) is 11.8 Å². The van der Waals surface area contributed by atoms with Gasteiger partial charge in [-0.2, -0.15) is 4.98 Å². The van der Waals surface area contributed by atoms with Crippen LogP contribution in [-0.2, 0) is 9.59 Å². The van der Waals surface area contributed by atoms with E-state index in [1.165, 1.54) is 0 Å². The molecule has 7 heteroatoms. The predicted molar refractivity (Wildman–Crippen MR) is 77.6 cm³/mol. The Labute approximate surface area is 126 Å². The molecule has 2 unspecified atom stereocenters. The second-order valence-corrected chi connectivity index (χ2v) is 5.74. The van der Waals surface area contributed by atoms with Gasteiger partial charge in [-0.1, -0.05) is 12.8 Å². The highest BCUT2D eigenvalue weighted by Gasteiger charge is 2.50. The summed E-state index contributed by atoms with van der Waals surface area (Å²) in [5, 5.41) is 6.83. The van der Waals surface area contributed by atoms with E-state index in [2.05, 4.69) is 20.2 Å². The van der Waals surface area contributed by atoms with Crippen molar-refractivity contribution in [1.29, 1.82) is 0 Å². The van der Waals surface area contributed by atoms with Gasteiger partial charge in [0.05, 0.1) is 11.8 Å². The van der Waals surface area contributed by atoms with E-state index in [0.717, 1.165) is 36.1 Å². The number of aromatic amines is 1. The Morgan fingerprint density at radius 1 is 1.14 bits per heavy atom. The lowest BCUT2D eigenvalue weighted by Gasteiger charge is -2.19. The normalized spacial score (nSPS) is 24.6. The summed E-state index contributed by atoms with van der Waals surface area (Å²) in [7, 11) is 0. The zero-order chi connectivity index (χ0) is 15.1. The van der Waals surface area contributed by atoms with Crippen LogP contribution >= 0.6 is 0 Å². The molecule has 1 aliphatic heterocycles. The second-order valence-electron chi connectivity index (χ2n) is 5.74. The van der Waals surface area contributed by atoms with E-state index in [0.29, 0.717) is 5.82 Å². The summed E-state index contributed by atoms with van der Waals surface area (Å²) in [6, 6.07) is 3.63. The molecule has 0 aromatic carbocycles. The third-order valence-electron chi connectivity index (χ3n) is 4.45. The van der Waals surface area contributed by atoms with E-state index in [9.17, 15) is 9.59 Å². The largest absolute Gasteiger partial charge is 0.274 e. The number of rotatable bonds is 2. The van der Waals surface area contributed by atoms with Crippen LogP contribution in [0.2, 0.25) is 0 Å². The van der Waals surface area contributed by atoms with Crippen LogP contribution in [-0.4, -0.2) is 32.0 Å². The standard InChI is InChI=1S/C15H15N5O2/c21-13-10-5-1-2-6-11(10)14(22)20(13)15-17-12(18-19-15)9-4-3-7-16-8-9/h3-4,7-8,10-11H,1-2,5-6H2,(H,17,18,19). The highest BCUT2D eigenvalue weighted by Crippen LogP contribution is 2.39. The molecule has 2 aromatic heterocycles.